The summed E-state index contributed by atoms with van der Waals surface area (Å²) in [6.07, 6.45) is 5.20. The molecule has 7 nitrogen and oxygen atoms in total. The molecule has 3 heterocycles. The Hall–Kier alpha value is -2.74. The Kier molecular flexibility index (Phi) is 6.96. The summed E-state index contributed by atoms with van der Waals surface area (Å²) >= 11 is 1.59. The molecule has 164 valence electrons. The summed E-state index contributed by atoms with van der Waals surface area (Å²) in [6.45, 7) is 4.04. The van der Waals surface area contributed by atoms with Crippen LogP contribution in [0.25, 0.3) is 17.3 Å². The minimum atomic E-state index is 0.259. The molecule has 1 aliphatic rings. The standard InChI is InChI=1S/C23H28N4O3S/c1-17-11-13-26(14-12-17)21(28)10-6-16-31-23-25-24-22(20-9-5-15-30-20)27(23)18-7-3-4-8-19(18)29-2/h3-5,7-9,15,17H,6,10-14,16H2,1-2H3. The average molecular weight is 441 g/mol. The van der Waals surface area contributed by atoms with Gasteiger partial charge in [-0.2, -0.15) is 0 Å². The van der Waals surface area contributed by atoms with E-state index in [1.54, 1.807) is 25.1 Å². The molecule has 31 heavy (non-hydrogen) atoms. The zero-order valence-electron chi connectivity index (χ0n) is 18.0. The molecule has 1 aliphatic heterocycles. The zero-order valence-corrected chi connectivity index (χ0v) is 18.8. The first-order valence-electron chi connectivity index (χ1n) is 10.7. The maximum absolute atomic E-state index is 12.5. The maximum Gasteiger partial charge on any atom is 0.222 e. The molecule has 0 N–H and O–H groups in total. The molecule has 2 aromatic heterocycles. The fourth-order valence-corrected chi connectivity index (χ4v) is 4.65. The average Bonchev–Trinajstić information content (AvgIpc) is 3.47. The molecule has 1 amide bonds. The quantitative estimate of drug-likeness (QED) is 0.374. The minimum absolute atomic E-state index is 0.259. The highest BCUT2D eigenvalue weighted by Crippen LogP contribution is 2.33. The molecule has 0 bridgehead atoms. The van der Waals surface area contributed by atoms with Crippen molar-refractivity contribution < 1.29 is 13.9 Å². The van der Waals surface area contributed by atoms with Crippen LogP contribution in [0.5, 0.6) is 5.75 Å². The van der Waals surface area contributed by atoms with E-state index in [1.807, 2.05) is 45.9 Å². The van der Waals surface area contributed by atoms with E-state index in [4.69, 9.17) is 9.15 Å². The number of amides is 1. The highest BCUT2D eigenvalue weighted by Gasteiger charge is 2.22. The number of furan rings is 1. The van der Waals surface area contributed by atoms with E-state index in [0.29, 0.717) is 18.0 Å². The molecular formula is C23H28N4O3S. The largest absolute Gasteiger partial charge is 0.495 e. The van der Waals surface area contributed by atoms with Gasteiger partial charge in [0, 0.05) is 25.3 Å². The molecule has 1 fully saturated rings. The van der Waals surface area contributed by atoms with Crippen LogP contribution < -0.4 is 4.74 Å². The normalized spacial score (nSPS) is 14.7. The molecule has 1 aromatic carbocycles. The van der Waals surface area contributed by atoms with Gasteiger partial charge >= 0.3 is 0 Å². The van der Waals surface area contributed by atoms with Gasteiger partial charge in [0.05, 0.1) is 19.1 Å². The number of rotatable bonds is 8. The summed E-state index contributed by atoms with van der Waals surface area (Å²) in [5.74, 6) is 3.75. The minimum Gasteiger partial charge on any atom is -0.495 e. The number of carbonyl (C=O) groups is 1. The van der Waals surface area contributed by atoms with Crippen LogP contribution in [0.1, 0.15) is 32.6 Å². The monoisotopic (exact) mass is 440 g/mol. The number of para-hydroxylation sites is 2. The van der Waals surface area contributed by atoms with Crippen molar-refractivity contribution in [2.75, 3.05) is 26.0 Å². The Bertz CT molecular complexity index is 994. The number of likely N-dealkylation sites (tertiary alicyclic amines) is 1. The van der Waals surface area contributed by atoms with Gasteiger partial charge in [-0.3, -0.25) is 9.36 Å². The lowest BCUT2D eigenvalue weighted by atomic mass is 9.99. The van der Waals surface area contributed by atoms with Gasteiger partial charge in [0.25, 0.3) is 0 Å². The topological polar surface area (TPSA) is 73.4 Å². The molecule has 1 saturated heterocycles. The van der Waals surface area contributed by atoms with Crippen molar-refractivity contribution in [3.8, 4) is 23.0 Å². The molecule has 0 atom stereocenters. The van der Waals surface area contributed by atoms with E-state index in [2.05, 4.69) is 17.1 Å². The SMILES string of the molecule is COc1ccccc1-n1c(SCCCC(=O)N2CCC(C)CC2)nnc1-c1ccco1. The van der Waals surface area contributed by atoms with Crippen LogP contribution in [-0.2, 0) is 4.79 Å². The number of carbonyl (C=O) groups excluding carboxylic acids is 1. The van der Waals surface area contributed by atoms with Crippen molar-refractivity contribution in [3.63, 3.8) is 0 Å². The van der Waals surface area contributed by atoms with Crippen LogP contribution in [0.3, 0.4) is 0 Å². The summed E-state index contributed by atoms with van der Waals surface area (Å²) in [5.41, 5.74) is 0.849. The number of hydrogen-bond acceptors (Lipinski definition) is 6. The first kappa shape index (κ1) is 21.5. The second kappa shape index (κ2) is 10.0. The van der Waals surface area contributed by atoms with E-state index < -0.39 is 0 Å². The van der Waals surface area contributed by atoms with E-state index in [1.165, 1.54) is 0 Å². The van der Waals surface area contributed by atoms with E-state index in [-0.39, 0.29) is 5.91 Å². The number of benzene rings is 1. The molecule has 0 spiro atoms. The van der Waals surface area contributed by atoms with Crippen LogP contribution in [0.2, 0.25) is 0 Å². The number of thioether (sulfide) groups is 1. The van der Waals surface area contributed by atoms with Gasteiger partial charge in [-0.15, -0.1) is 10.2 Å². The lowest BCUT2D eigenvalue weighted by molar-refractivity contribution is -0.132. The van der Waals surface area contributed by atoms with Gasteiger partial charge in [0.2, 0.25) is 11.7 Å². The summed E-state index contributed by atoms with van der Waals surface area (Å²) < 4.78 is 13.1. The highest BCUT2D eigenvalue weighted by atomic mass is 32.2. The predicted molar refractivity (Wildman–Crippen MR) is 121 cm³/mol. The third kappa shape index (κ3) is 4.95. The van der Waals surface area contributed by atoms with Crippen molar-refractivity contribution in [1.82, 2.24) is 19.7 Å². The molecule has 0 saturated carbocycles. The van der Waals surface area contributed by atoms with Gasteiger partial charge in [0.1, 0.15) is 5.75 Å². The predicted octanol–water partition coefficient (Wildman–Crippen LogP) is 4.67. The number of ether oxygens (including phenoxy) is 1. The third-order valence-corrected chi connectivity index (χ3v) is 6.62. The van der Waals surface area contributed by atoms with E-state index in [9.17, 15) is 4.79 Å². The lowest BCUT2D eigenvalue weighted by Crippen LogP contribution is -2.37. The fraction of sp³-hybridized carbons (Fsp3) is 0.435. The van der Waals surface area contributed by atoms with Crippen LogP contribution in [0, 0.1) is 5.92 Å². The van der Waals surface area contributed by atoms with Crippen molar-refractivity contribution in [1.29, 1.82) is 0 Å². The molecule has 8 heteroatoms. The van der Waals surface area contributed by atoms with Gasteiger partial charge in [-0.25, -0.2) is 0 Å². The lowest BCUT2D eigenvalue weighted by Gasteiger charge is -2.30. The Morgan fingerprint density at radius 2 is 2.00 bits per heavy atom. The van der Waals surface area contributed by atoms with Crippen molar-refractivity contribution in [2.24, 2.45) is 5.92 Å². The number of nitrogens with zero attached hydrogens (tertiary/aromatic N) is 4. The first-order valence-corrected chi connectivity index (χ1v) is 11.7. The molecule has 0 unspecified atom stereocenters. The summed E-state index contributed by atoms with van der Waals surface area (Å²) in [6, 6.07) is 11.5. The summed E-state index contributed by atoms with van der Waals surface area (Å²) in [7, 11) is 1.65. The summed E-state index contributed by atoms with van der Waals surface area (Å²) in [5, 5.41) is 9.52. The number of aromatic nitrogens is 3. The zero-order chi connectivity index (χ0) is 21.6. The Balaban J connectivity index is 1.45. The molecule has 0 radical (unpaired) electrons. The first-order chi connectivity index (χ1) is 15.2. The van der Waals surface area contributed by atoms with E-state index >= 15 is 0 Å². The van der Waals surface area contributed by atoms with Gasteiger partial charge in [-0.05, 0) is 49.4 Å². The van der Waals surface area contributed by atoms with E-state index in [0.717, 1.165) is 60.6 Å². The third-order valence-electron chi connectivity index (χ3n) is 5.60. The van der Waals surface area contributed by atoms with Gasteiger partial charge < -0.3 is 14.1 Å². The highest BCUT2D eigenvalue weighted by molar-refractivity contribution is 7.99. The maximum atomic E-state index is 12.5. The molecule has 4 rings (SSSR count). The second-order valence-corrected chi connectivity index (χ2v) is 8.87. The Morgan fingerprint density at radius 1 is 1.19 bits per heavy atom. The van der Waals surface area contributed by atoms with Crippen molar-refractivity contribution in [2.45, 2.75) is 37.8 Å². The van der Waals surface area contributed by atoms with Gasteiger partial charge in [-0.1, -0.05) is 30.8 Å². The van der Waals surface area contributed by atoms with Crippen molar-refractivity contribution in [3.05, 3.63) is 42.7 Å². The van der Waals surface area contributed by atoms with Crippen LogP contribution in [-0.4, -0.2) is 51.5 Å². The fourth-order valence-electron chi connectivity index (χ4n) is 3.76. The van der Waals surface area contributed by atoms with Crippen LogP contribution in [0.4, 0.5) is 0 Å². The number of methoxy groups -OCH3 is 1. The number of hydrogen-bond donors (Lipinski definition) is 0. The molecular weight excluding hydrogens is 412 g/mol. The smallest absolute Gasteiger partial charge is 0.222 e. The van der Waals surface area contributed by atoms with Crippen LogP contribution in [0.15, 0.2) is 52.2 Å². The van der Waals surface area contributed by atoms with Gasteiger partial charge in [0.15, 0.2) is 10.9 Å². The van der Waals surface area contributed by atoms with Crippen LogP contribution >= 0.6 is 11.8 Å². The Labute approximate surface area is 186 Å². The number of piperidine rings is 1. The van der Waals surface area contributed by atoms with Crippen molar-refractivity contribution >= 4 is 17.7 Å². The molecule has 3 aromatic rings. The second-order valence-electron chi connectivity index (χ2n) is 7.81. The summed E-state index contributed by atoms with van der Waals surface area (Å²) in [4.78, 5) is 14.5. The Morgan fingerprint density at radius 3 is 2.74 bits per heavy atom. The molecule has 0 aliphatic carbocycles.